The van der Waals surface area contributed by atoms with Crippen molar-refractivity contribution in [3.63, 3.8) is 0 Å². The SMILES string of the molecule is CC[C@H](C)[C@@H]1NC(=O)CNC(=O)[C@H]2Cc3c([nH]c4ccccc34)SC[C@H](NC(=O)CNC1=O)C(=O)N[C@@H](CC(=O)NCc1ccc(NC(=O)[C@H](C)NC(=O)CNC(=O)CCN3C(=O)CC(S)C3=O)cc1)C(=O)N1CCC[C@H]1CC[C@@H]([C@@H](C)[C@@H](O)CO)C(=O)N2. The van der Waals surface area contributed by atoms with Crippen molar-refractivity contribution in [3.05, 3.63) is 59.7 Å². The van der Waals surface area contributed by atoms with Crippen LogP contribution in [0.25, 0.3) is 10.9 Å². The van der Waals surface area contributed by atoms with Crippen LogP contribution in [-0.4, -0.2) is 194 Å². The first-order valence-corrected chi connectivity index (χ1v) is 31.3. The molecule has 1 unspecified atom stereocenters. The number of H-pyrrole nitrogens is 1. The number of anilines is 1. The van der Waals surface area contributed by atoms with Crippen LogP contribution in [0.1, 0.15) is 90.2 Å². The monoisotopic (exact) mass is 1270 g/mol. The van der Waals surface area contributed by atoms with Crippen LogP contribution in [-0.2, 0) is 75.3 Å². The first-order chi connectivity index (χ1) is 42.4. The minimum Gasteiger partial charge on any atom is -0.394 e. The third-order valence-corrected chi connectivity index (χ3v) is 18.0. The van der Waals surface area contributed by atoms with Crippen molar-refractivity contribution in [3.8, 4) is 0 Å². The largest absolute Gasteiger partial charge is 0.394 e. The van der Waals surface area contributed by atoms with Gasteiger partial charge < -0.3 is 73.3 Å². The number of imide groups is 1. The first-order valence-electron chi connectivity index (χ1n) is 29.8. The second kappa shape index (κ2) is 31.9. The van der Waals surface area contributed by atoms with Crippen LogP contribution < -0.4 is 53.2 Å². The van der Waals surface area contributed by atoms with Crippen LogP contribution in [0.4, 0.5) is 5.69 Å². The molecule has 4 aliphatic rings. The number of fused-ring (bicyclic) bond motifs is 5. The molecular weight excluding hydrogens is 1190 g/mol. The van der Waals surface area contributed by atoms with Crippen LogP contribution in [0.15, 0.2) is 53.6 Å². The number of hydrogen-bond acceptors (Lipinski definition) is 17. The van der Waals surface area contributed by atoms with E-state index in [1.54, 1.807) is 69.3 Å². The highest BCUT2D eigenvalue weighted by molar-refractivity contribution is 7.99. The number of amides is 13. The van der Waals surface area contributed by atoms with E-state index >= 15 is 0 Å². The Morgan fingerprint density at radius 3 is 2.17 bits per heavy atom. The van der Waals surface area contributed by atoms with E-state index < -0.39 is 175 Å². The molecule has 482 valence electrons. The van der Waals surface area contributed by atoms with Gasteiger partial charge in [0.15, 0.2) is 0 Å². The smallest absolute Gasteiger partial charge is 0.246 e. The van der Waals surface area contributed by atoms with Gasteiger partial charge in [0, 0.05) is 73.2 Å². The number of aromatic nitrogens is 1. The van der Waals surface area contributed by atoms with E-state index in [4.69, 9.17) is 0 Å². The van der Waals surface area contributed by atoms with E-state index in [-0.39, 0.29) is 57.5 Å². The lowest BCUT2D eigenvalue weighted by atomic mass is 9.83. The molecule has 13 N–H and O–H groups in total. The number of nitrogens with zero attached hydrogens (tertiary/aromatic N) is 2. The Balaban J connectivity index is 1.10. The number of carbonyl (C=O) groups excluding carboxylic acids is 13. The van der Waals surface area contributed by atoms with Crippen LogP contribution in [0, 0.1) is 17.8 Å². The number of carbonyl (C=O) groups is 13. The maximum Gasteiger partial charge on any atom is 0.246 e. The number of aromatic amines is 1. The standard InChI is InChI=1S/C59H79N13O15S2/c1-5-30(2)51-56(85)63-26-48(78)66-42-29-89-57-38(37-10-6-7-11-39(37)69-57)21-40(54(83)62-27-49(79)70-51)67-53(82)36(31(3)43(74)28-73)17-16-35-9-8-19-71(35)58(86)41(68-55(42)84)22-46(76)60-24-33-12-14-34(15-13-33)65-52(81)32(4)64-47(77)25-61-45(75)18-20-72-50(80)23-44(88)59(72)87/h6-7,10-15,30-32,35-36,40-44,51,69,73-74,88H,5,8-9,16-29H2,1-4H3,(H,60,76)(H,61,75)(H,62,83)(H,63,85)(H,64,77)(H,65,81)(H,66,78)(H,67,82)(H,68,84)(H,70,79)/t30-,31+,32-,35-,36-,40+,41-,42-,43-,44?,51-/m0/s1. The van der Waals surface area contributed by atoms with E-state index in [0.29, 0.717) is 52.0 Å². The topological polar surface area (TPSA) is 405 Å². The number of nitrogens with one attached hydrogen (secondary N) is 11. The van der Waals surface area contributed by atoms with E-state index in [1.807, 2.05) is 0 Å². The molecule has 1 aromatic heterocycles. The van der Waals surface area contributed by atoms with Crippen molar-refractivity contribution in [1.82, 2.24) is 62.6 Å². The summed E-state index contributed by atoms with van der Waals surface area (Å²) in [5, 5.41) is 47.9. The molecule has 2 fully saturated rings. The number of benzene rings is 2. The fraction of sp³-hybridized carbons (Fsp3) is 0.542. The van der Waals surface area contributed by atoms with Crippen molar-refractivity contribution in [2.75, 3.05) is 50.4 Å². The summed E-state index contributed by atoms with van der Waals surface area (Å²) in [5.41, 5.74) is 2.02. The van der Waals surface area contributed by atoms with Gasteiger partial charge in [0.1, 0.15) is 30.2 Å². The molecule has 4 aliphatic heterocycles. The second-order valence-corrected chi connectivity index (χ2v) is 24.5. The lowest BCUT2D eigenvalue weighted by Gasteiger charge is -2.33. The second-order valence-electron chi connectivity index (χ2n) is 22.8. The highest BCUT2D eigenvalue weighted by Crippen LogP contribution is 2.33. The average molecular weight is 1270 g/mol. The number of hydrogen-bond donors (Lipinski definition) is 14. The molecule has 2 aromatic carbocycles. The van der Waals surface area contributed by atoms with E-state index in [1.165, 1.54) is 11.8 Å². The molecule has 5 heterocycles. The Morgan fingerprint density at radius 2 is 1.47 bits per heavy atom. The van der Waals surface area contributed by atoms with Gasteiger partial charge in [-0.2, -0.15) is 12.6 Å². The summed E-state index contributed by atoms with van der Waals surface area (Å²) in [6.07, 6.45) is -0.811. The molecule has 28 nitrogen and oxygen atoms in total. The fourth-order valence-corrected chi connectivity index (χ4v) is 12.4. The zero-order valence-electron chi connectivity index (χ0n) is 49.9. The number of para-hydroxylation sites is 1. The molecule has 11 atom stereocenters. The number of aliphatic hydroxyl groups is 2. The molecule has 7 rings (SSSR count). The van der Waals surface area contributed by atoms with E-state index in [9.17, 15) is 72.5 Å². The molecule has 0 radical (unpaired) electrons. The van der Waals surface area contributed by atoms with Crippen LogP contribution >= 0.6 is 24.4 Å². The highest BCUT2D eigenvalue weighted by atomic mass is 32.2. The molecule has 3 aromatic rings. The average Bonchev–Trinajstić information content (AvgIpc) is 1.80. The maximum absolute atomic E-state index is 15.0. The lowest BCUT2D eigenvalue weighted by Crippen LogP contribution is -2.58. The van der Waals surface area contributed by atoms with Crippen molar-refractivity contribution < 1.29 is 72.5 Å². The summed E-state index contributed by atoms with van der Waals surface area (Å²) < 4.78 is 0. The van der Waals surface area contributed by atoms with Gasteiger partial charge >= 0.3 is 0 Å². The summed E-state index contributed by atoms with van der Waals surface area (Å²) in [7, 11) is 0. The maximum atomic E-state index is 15.0. The summed E-state index contributed by atoms with van der Waals surface area (Å²) in [4.78, 5) is 182. The van der Waals surface area contributed by atoms with Crippen molar-refractivity contribution in [2.45, 2.75) is 145 Å². The Bertz CT molecular complexity index is 3170. The van der Waals surface area contributed by atoms with Crippen LogP contribution in [0.2, 0.25) is 0 Å². The zero-order chi connectivity index (χ0) is 64.6. The predicted octanol–water partition coefficient (Wildman–Crippen LogP) is -1.86. The molecule has 13 amide bonds. The summed E-state index contributed by atoms with van der Waals surface area (Å²) in [6.45, 7) is 4.08. The van der Waals surface area contributed by atoms with Gasteiger partial charge in [-0.15, -0.1) is 11.8 Å². The lowest BCUT2D eigenvalue weighted by molar-refractivity contribution is -0.140. The third-order valence-electron chi connectivity index (χ3n) is 16.5. The summed E-state index contributed by atoms with van der Waals surface area (Å²) in [5.74, 6) is -11.3. The molecular formula is C59H79N13O15S2. The first kappa shape index (κ1) is 68.4. The molecule has 89 heavy (non-hydrogen) atoms. The van der Waals surface area contributed by atoms with Gasteiger partial charge in [-0.1, -0.05) is 57.5 Å². The quantitative estimate of drug-likeness (QED) is 0.0521. The van der Waals surface area contributed by atoms with Gasteiger partial charge in [-0.3, -0.25) is 67.2 Å². The molecule has 0 aliphatic carbocycles. The van der Waals surface area contributed by atoms with Crippen LogP contribution in [0.3, 0.4) is 0 Å². The van der Waals surface area contributed by atoms with E-state index in [0.717, 1.165) is 16.7 Å². The minimum absolute atomic E-state index is 0.0442. The minimum atomic E-state index is -1.52. The fourth-order valence-electron chi connectivity index (χ4n) is 11.0. The van der Waals surface area contributed by atoms with Crippen LogP contribution in [0.5, 0.6) is 0 Å². The number of rotatable bonds is 17. The Labute approximate surface area is 523 Å². The summed E-state index contributed by atoms with van der Waals surface area (Å²) in [6, 6.07) is 6.34. The number of likely N-dealkylation sites (tertiary alicyclic amines) is 1. The normalized spacial score (nSPS) is 24.1. The summed E-state index contributed by atoms with van der Waals surface area (Å²) >= 11 is 5.13. The van der Waals surface area contributed by atoms with E-state index in [2.05, 4.69) is 70.8 Å². The highest BCUT2D eigenvalue weighted by Gasteiger charge is 2.41. The van der Waals surface area contributed by atoms with Gasteiger partial charge in [0.2, 0.25) is 76.8 Å². The number of aliphatic hydroxyl groups excluding tert-OH is 2. The van der Waals surface area contributed by atoms with Gasteiger partial charge in [-0.05, 0) is 73.8 Å². The van der Waals surface area contributed by atoms with Gasteiger partial charge in [0.25, 0.3) is 0 Å². The predicted molar refractivity (Wildman–Crippen MR) is 327 cm³/mol. The Morgan fingerprint density at radius 1 is 0.764 bits per heavy atom. The molecule has 2 bridgehead atoms. The van der Waals surface area contributed by atoms with Gasteiger partial charge in [0.05, 0.1) is 49.0 Å². The number of thiol groups is 1. The Hall–Kier alpha value is -8.09. The molecule has 0 spiro atoms. The Kier molecular flexibility index (Phi) is 24.5. The number of thioether (sulfide) groups is 1. The van der Waals surface area contributed by atoms with Crippen molar-refractivity contribution >= 4 is 118 Å². The molecule has 0 saturated carbocycles. The molecule has 30 heteroatoms. The molecule has 2 saturated heterocycles. The zero-order valence-corrected chi connectivity index (χ0v) is 51.7. The van der Waals surface area contributed by atoms with Crippen molar-refractivity contribution in [1.29, 1.82) is 0 Å². The van der Waals surface area contributed by atoms with Crippen molar-refractivity contribution in [2.24, 2.45) is 17.8 Å². The van der Waals surface area contributed by atoms with Gasteiger partial charge in [-0.25, -0.2) is 0 Å². The third kappa shape index (κ3) is 18.5.